The highest BCUT2D eigenvalue weighted by atomic mass is 16.6. The van der Waals surface area contributed by atoms with E-state index in [2.05, 4.69) is 23.5 Å². The molecule has 31 heavy (non-hydrogen) atoms. The molecule has 0 radical (unpaired) electrons. The van der Waals surface area contributed by atoms with Crippen LogP contribution in [0.5, 0.6) is 0 Å². The minimum atomic E-state index is -0.435. The lowest BCUT2D eigenvalue weighted by atomic mass is 9.99. The van der Waals surface area contributed by atoms with Gasteiger partial charge >= 0.3 is 0 Å². The second-order valence-electron chi connectivity index (χ2n) is 7.85. The number of fused-ring (bicyclic) bond motifs is 1. The van der Waals surface area contributed by atoms with Crippen LogP contribution in [0.3, 0.4) is 0 Å². The Bertz CT molecular complexity index is 1150. The van der Waals surface area contributed by atoms with E-state index in [0.29, 0.717) is 11.1 Å². The second kappa shape index (κ2) is 8.96. The third-order valence-corrected chi connectivity index (χ3v) is 5.69. The topological polar surface area (TPSA) is 72.2 Å². The predicted molar refractivity (Wildman–Crippen MR) is 122 cm³/mol. The summed E-state index contributed by atoms with van der Waals surface area (Å²) in [6.45, 7) is 1.98. The van der Waals surface area contributed by atoms with Gasteiger partial charge in [-0.2, -0.15) is 0 Å². The first-order valence-electron chi connectivity index (χ1n) is 10.5. The van der Waals surface area contributed by atoms with Crippen molar-refractivity contribution in [2.75, 3.05) is 0 Å². The third kappa shape index (κ3) is 4.72. The van der Waals surface area contributed by atoms with Crippen molar-refractivity contribution in [3.8, 4) is 0 Å². The number of carbonyl (C=O) groups excluding carboxylic acids is 1. The second-order valence-corrected chi connectivity index (χ2v) is 7.85. The molecule has 5 heteroatoms. The Morgan fingerprint density at radius 2 is 1.77 bits per heavy atom. The van der Waals surface area contributed by atoms with E-state index in [1.165, 1.54) is 29.7 Å². The van der Waals surface area contributed by atoms with Crippen LogP contribution in [-0.4, -0.2) is 10.8 Å². The number of rotatable bonds is 6. The molecule has 0 heterocycles. The average molecular weight is 412 g/mol. The van der Waals surface area contributed by atoms with Crippen LogP contribution in [0.1, 0.15) is 47.2 Å². The number of carbonyl (C=O) groups is 1. The Labute approximate surface area is 181 Å². The zero-order chi connectivity index (χ0) is 21.8. The van der Waals surface area contributed by atoms with E-state index in [1.807, 2.05) is 37.3 Å². The molecule has 0 bridgehead atoms. The zero-order valence-corrected chi connectivity index (χ0v) is 17.4. The predicted octanol–water partition coefficient (Wildman–Crippen LogP) is 5.50. The van der Waals surface area contributed by atoms with Crippen molar-refractivity contribution in [1.82, 2.24) is 5.32 Å². The fourth-order valence-electron chi connectivity index (χ4n) is 4.01. The highest BCUT2D eigenvalue weighted by molar-refractivity contribution is 6.24. The molecule has 5 nitrogen and oxygen atoms in total. The van der Waals surface area contributed by atoms with Gasteiger partial charge in [-0.3, -0.25) is 14.9 Å². The van der Waals surface area contributed by atoms with Crippen LogP contribution in [0.4, 0.5) is 5.69 Å². The van der Waals surface area contributed by atoms with E-state index in [9.17, 15) is 14.9 Å². The van der Waals surface area contributed by atoms with Crippen molar-refractivity contribution >= 4 is 23.2 Å². The van der Waals surface area contributed by atoms with Gasteiger partial charge in [-0.15, -0.1) is 0 Å². The quantitative estimate of drug-likeness (QED) is 0.251. The number of amides is 1. The number of hydrogen-bond acceptors (Lipinski definition) is 3. The van der Waals surface area contributed by atoms with Gasteiger partial charge < -0.3 is 5.32 Å². The van der Waals surface area contributed by atoms with Gasteiger partial charge in [0, 0.05) is 17.7 Å². The third-order valence-electron chi connectivity index (χ3n) is 5.69. The monoisotopic (exact) mass is 412 g/mol. The summed E-state index contributed by atoms with van der Waals surface area (Å²) in [6, 6.07) is 21.9. The van der Waals surface area contributed by atoms with Crippen LogP contribution in [0, 0.1) is 10.1 Å². The zero-order valence-electron chi connectivity index (χ0n) is 17.4. The van der Waals surface area contributed by atoms with Gasteiger partial charge in [-0.05, 0) is 60.1 Å². The Balaban J connectivity index is 1.63. The molecular formula is C26H24N2O3. The van der Waals surface area contributed by atoms with Gasteiger partial charge in [0.2, 0.25) is 0 Å². The first-order valence-corrected chi connectivity index (χ1v) is 10.5. The lowest BCUT2D eigenvalue weighted by molar-refractivity contribution is -0.384. The molecule has 3 aromatic rings. The van der Waals surface area contributed by atoms with Crippen LogP contribution in [0.15, 0.2) is 72.8 Å². The maximum atomic E-state index is 13.3. The fourth-order valence-corrected chi connectivity index (χ4v) is 4.01. The molecule has 1 aliphatic carbocycles. The van der Waals surface area contributed by atoms with E-state index in [4.69, 9.17) is 0 Å². The molecule has 0 fully saturated rings. The van der Waals surface area contributed by atoms with Crippen molar-refractivity contribution in [3.63, 3.8) is 0 Å². The van der Waals surface area contributed by atoms with Crippen molar-refractivity contribution in [1.29, 1.82) is 0 Å². The average Bonchev–Trinajstić information content (AvgIpc) is 3.26. The van der Waals surface area contributed by atoms with Gasteiger partial charge in [0.1, 0.15) is 0 Å². The minimum Gasteiger partial charge on any atom is -0.345 e. The lowest BCUT2D eigenvalue weighted by Crippen LogP contribution is -2.27. The van der Waals surface area contributed by atoms with Crippen molar-refractivity contribution in [2.24, 2.45) is 0 Å². The van der Waals surface area contributed by atoms with E-state index < -0.39 is 4.92 Å². The Hall–Kier alpha value is -3.73. The summed E-state index contributed by atoms with van der Waals surface area (Å²) in [4.78, 5) is 24.0. The standard InChI is InChI=1S/C26H24N2O3/c1-18(22-14-13-20-10-6-11-23(20)17-22)27-26(29)25(21-8-3-2-4-9-21)16-19-7-5-12-24(15-19)28(30)31/h2-5,7-9,12-18H,6,10-11H2,1H3,(H,27,29)/b25-16+/t18-/m1/s1. The summed E-state index contributed by atoms with van der Waals surface area (Å²) in [6.07, 6.45) is 5.10. The van der Waals surface area contributed by atoms with Gasteiger partial charge in [-0.1, -0.05) is 60.7 Å². The SMILES string of the molecule is C[C@@H](NC(=O)/C(=C/c1cccc([N+](=O)[O-])c1)c1ccccc1)c1ccc2c(c1)CCC2. The number of non-ortho nitro benzene ring substituents is 1. The first kappa shape index (κ1) is 20.5. The summed E-state index contributed by atoms with van der Waals surface area (Å²) in [5.41, 5.74) is 5.67. The maximum Gasteiger partial charge on any atom is 0.270 e. The van der Waals surface area contributed by atoms with Gasteiger partial charge in [0.15, 0.2) is 0 Å². The van der Waals surface area contributed by atoms with E-state index in [1.54, 1.807) is 18.2 Å². The van der Waals surface area contributed by atoms with Crippen LogP contribution in [0.2, 0.25) is 0 Å². The van der Waals surface area contributed by atoms with E-state index >= 15 is 0 Å². The molecule has 1 N–H and O–H groups in total. The van der Waals surface area contributed by atoms with Crippen molar-refractivity contribution < 1.29 is 9.72 Å². The number of benzene rings is 3. The summed E-state index contributed by atoms with van der Waals surface area (Å²) in [7, 11) is 0. The van der Waals surface area contributed by atoms with Gasteiger partial charge in [-0.25, -0.2) is 0 Å². The summed E-state index contributed by atoms with van der Waals surface area (Å²) >= 11 is 0. The van der Waals surface area contributed by atoms with Crippen LogP contribution in [0.25, 0.3) is 11.6 Å². The molecule has 0 spiro atoms. The highest BCUT2D eigenvalue weighted by Crippen LogP contribution is 2.27. The molecule has 0 saturated carbocycles. The van der Waals surface area contributed by atoms with Gasteiger partial charge in [0.05, 0.1) is 11.0 Å². The minimum absolute atomic E-state index is 0.00641. The fraction of sp³-hybridized carbons (Fsp3) is 0.192. The normalized spacial score (nSPS) is 14.0. The number of nitrogens with one attached hydrogen (secondary N) is 1. The Kier molecular flexibility index (Phi) is 5.94. The molecular weight excluding hydrogens is 388 g/mol. The first-order chi connectivity index (χ1) is 15.0. The smallest absolute Gasteiger partial charge is 0.270 e. The van der Waals surface area contributed by atoms with E-state index in [0.717, 1.165) is 24.0 Å². The Morgan fingerprint density at radius 1 is 1.00 bits per heavy atom. The lowest BCUT2D eigenvalue weighted by Gasteiger charge is -2.17. The molecule has 0 aromatic heterocycles. The number of nitro groups is 1. The summed E-state index contributed by atoms with van der Waals surface area (Å²) in [5, 5.41) is 14.2. The van der Waals surface area contributed by atoms with Crippen LogP contribution in [-0.2, 0) is 17.6 Å². The van der Waals surface area contributed by atoms with Crippen molar-refractivity contribution in [3.05, 3.63) is 111 Å². The Morgan fingerprint density at radius 3 is 2.55 bits per heavy atom. The highest BCUT2D eigenvalue weighted by Gasteiger charge is 2.18. The number of aryl methyl sites for hydroxylation is 2. The molecule has 4 rings (SSSR count). The molecule has 0 saturated heterocycles. The number of nitrogens with zero attached hydrogens (tertiary/aromatic N) is 1. The molecule has 1 amide bonds. The molecule has 3 aromatic carbocycles. The summed E-state index contributed by atoms with van der Waals surface area (Å²) in [5.74, 6) is -0.217. The van der Waals surface area contributed by atoms with E-state index in [-0.39, 0.29) is 17.6 Å². The molecule has 1 atom stereocenters. The molecule has 156 valence electrons. The molecule has 1 aliphatic rings. The summed E-state index contributed by atoms with van der Waals surface area (Å²) < 4.78 is 0. The number of hydrogen-bond donors (Lipinski definition) is 1. The van der Waals surface area contributed by atoms with Crippen LogP contribution < -0.4 is 5.32 Å². The van der Waals surface area contributed by atoms with Crippen LogP contribution >= 0.6 is 0 Å². The molecule has 0 unspecified atom stereocenters. The van der Waals surface area contributed by atoms with Crippen molar-refractivity contribution in [2.45, 2.75) is 32.2 Å². The molecule has 0 aliphatic heterocycles. The van der Waals surface area contributed by atoms with Gasteiger partial charge in [0.25, 0.3) is 11.6 Å². The number of nitro benzene ring substituents is 1. The largest absolute Gasteiger partial charge is 0.345 e. The maximum absolute atomic E-state index is 13.3.